The maximum atomic E-state index is 11.8. The molecule has 1 fully saturated rings. The molecule has 7 heteroatoms. The first-order chi connectivity index (χ1) is 10.9. The number of amides is 2. The van der Waals surface area contributed by atoms with E-state index in [1.165, 1.54) is 13.8 Å². The van der Waals surface area contributed by atoms with Gasteiger partial charge < -0.3 is 15.4 Å². The number of hydrogen-bond acceptors (Lipinski definition) is 5. The normalized spacial score (nSPS) is 19.5. The molecule has 2 unspecified atom stereocenters. The first-order valence-corrected chi connectivity index (χ1v) is 7.18. The lowest BCUT2D eigenvalue weighted by Gasteiger charge is -2.39. The van der Waals surface area contributed by atoms with Crippen LogP contribution in [-0.2, 0) is 25.7 Å². The van der Waals surface area contributed by atoms with Gasteiger partial charge in [0.1, 0.15) is 24.2 Å². The third-order valence-corrected chi connectivity index (χ3v) is 3.67. The zero-order valence-electron chi connectivity index (χ0n) is 12.9. The van der Waals surface area contributed by atoms with Crippen LogP contribution in [0.1, 0.15) is 19.4 Å². The summed E-state index contributed by atoms with van der Waals surface area (Å²) in [6.07, 6.45) is -0.774. The topological polar surface area (TPSA) is 102 Å². The van der Waals surface area contributed by atoms with Crippen molar-refractivity contribution in [2.24, 2.45) is 5.92 Å². The molecule has 2 atom stereocenters. The van der Waals surface area contributed by atoms with Crippen molar-refractivity contribution in [3.8, 4) is 0 Å². The molecule has 1 heterocycles. The Morgan fingerprint density at radius 1 is 1.17 bits per heavy atom. The second-order valence-corrected chi connectivity index (χ2v) is 5.42. The lowest BCUT2D eigenvalue weighted by atomic mass is 9.82. The highest BCUT2D eigenvalue weighted by molar-refractivity contribution is 6.05. The number of β-lactam (4-membered cyclic amide) rings is 1. The predicted octanol–water partition coefficient (Wildman–Crippen LogP) is 0.574. The minimum absolute atomic E-state index is 0.0640. The largest absolute Gasteiger partial charge is 0.445 e. The Hall–Kier alpha value is -2.70. The molecule has 1 aromatic carbocycles. The van der Waals surface area contributed by atoms with E-state index in [-0.39, 0.29) is 18.2 Å². The number of carbonyl (C=O) groups is 4. The number of ketones is 2. The van der Waals surface area contributed by atoms with Crippen LogP contribution in [0.5, 0.6) is 0 Å². The molecule has 2 N–H and O–H groups in total. The Bertz CT molecular complexity index is 615. The summed E-state index contributed by atoms with van der Waals surface area (Å²) in [5.74, 6) is -2.12. The van der Waals surface area contributed by atoms with Crippen LogP contribution < -0.4 is 10.6 Å². The molecule has 2 amide bonds. The van der Waals surface area contributed by atoms with Crippen molar-refractivity contribution in [3.63, 3.8) is 0 Å². The van der Waals surface area contributed by atoms with Gasteiger partial charge >= 0.3 is 6.09 Å². The van der Waals surface area contributed by atoms with Crippen LogP contribution in [0.2, 0.25) is 0 Å². The molecule has 0 aromatic heterocycles. The number of carbonyl (C=O) groups excluding carboxylic acids is 4. The third-order valence-electron chi connectivity index (χ3n) is 3.67. The van der Waals surface area contributed by atoms with Crippen LogP contribution in [0.4, 0.5) is 4.79 Å². The van der Waals surface area contributed by atoms with Crippen LogP contribution in [0.25, 0.3) is 0 Å². The number of benzene rings is 1. The van der Waals surface area contributed by atoms with Gasteiger partial charge in [-0.2, -0.15) is 0 Å². The minimum atomic E-state index is -0.966. The molecule has 0 saturated carbocycles. The van der Waals surface area contributed by atoms with Gasteiger partial charge in [-0.3, -0.25) is 14.4 Å². The molecule has 0 spiro atoms. The van der Waals surface area contributed by atoms with Crippen LogP contribution in [0.15, 0.2) is 30.3 Å². The van der Waals surface area contributed by atoms with E-state index in [1.807, 2.05) is 18.2 Å². The van der Waals surface area contributed by atoms with E-state index in [4.69, 9.17) is 4.74 Å². The number of hydrogen-bond donors (Lipinski definition) is 2. The van der Waals surface area contributed by atoms with Crippen molar-refractivity contribution in [1.29, 1.82) is 0 Å². The molecular weight excluding hydrogens is 300 g/mol. The quantitative estimate of drug-likeness (QED) is 0.590. The highest BCUT2D eigenvalue weighted by Gasteiger charge is 2.48. The van der Waals surface area contributed by atoms with Gasteiger partial charge in [-0.25, -0.2) is 4.79 Å². The molecular formula is C16H18N2O5. The van der Waals surface area contributed by atoms with Gasteiger partial charge in [0.15, 0.2) is 0 Å². The first kappa shape index (κ1) is 16.7. The summed E-state index contributed by atoms with van der Waals surface area (Å²) in [5.41, 5.74) is 0.808. The Morgan fingerprint density at radius 3 is 2.30 bits per heavy atom. The SMILES string of the molecule is CC(=O)C(C(C)=O)C1NC(=O)C1NC(=O)OCc1ccccc1. The van der Waals surface area contributed by atoms with Gasteiger partial charge in [0.2, 0.25) is 5.91 Å². The molecule has 1 aromatic rings. The van der Waals surface area contributed by atoms with Crippen molar-refractivity contribution in [2.75, 3.05) is 0 Å². The molecule has 1 aliphatic heterocycles. The summed E-state index contributed by atoms with van der Waals surface area (Å²) in [4.78, 5) is 46.5. The summed E-state index contributed by atoms with van der Waals surface area (Å²) < 4.78 is 5.03. The van der Waals surface area contributed by atoms with Crippen LogP contribution in [0.3, 0.4) is 0 Å². The fourth-order valence-corrected chi connectivity index (χ4v) is 2.52. The fourth-order valence-electron chi connectivity index (χ4n) is 2.52. The van der Waals surface area contributed by atoms with E-state index in [0.717, 1.165) is 5.56 Å². The molecule has 23 heavy (non-hydrogen) atoms. The molecule has 1 aliphatic rings. The third kappa shape index (κ3) is 3.94. The standard InChI is InChI=1S/C16H18N2O5/c1-9(19)12(10(2)20)13-14(15(21)17-13)18-16(22)23-8-11-6-4-3-5-7-11/h3-7,12-14H,8H2,1-2H3,(H,17,21)(H,18,22). The van der Waals surface area contributed by atoms with Crippen LogP contribution >= 0.6 is 0 Å². The monoisotopic (exact) mass is 318 g/mol. The van der Waals surface area contributed by atoms with Gasteiger partial charge in [0, 0.05) is 0 Å². The summed E-state index contributed by atoms with van der Waals surface area (Å²) >= 11 is 0. The van der Waals surface area contributed by atoms with E-state index in [2.05, 4.69) is 10.6 Å². The van der Waals surface area contributed by atoms with Gasteiger partial charge in [-0.1, -0.05) is 30.3 Å². The Labute approximate surface area is 133 Å². The lowest BCUT2D eigenvalue weighted by Crippen LogP contribution is -2.73. The Kier molecular flexibility index (Phi) is 5.10. The Morgan fingerprint density at radius 2 is 1.78 bits per heavy atom. The maximum absolute atomic E-state index is 11.8. The average Bonchev–Trinajstić information content (AvgIpc) is 2.50. The van der Waals surface area contributed by atoms with Gasteiger partial charge in [-0.05, 0) is 19.4 Å². The number of alkyl carbamates (subject to hydrolysis) is 1. The summed E-state index contributed by atoms with van der Waals surface area (Å²) in [5, 5.41) is 4.88. The molecule has 0 aliphatic carbocycles. The first-order valence-electron chi connectivity index (χ1n) is 7.18. The average molecular weight is 318 g/mol. The van der Waals surface area contributed by atoms with Crippen LogP contribution in [0, 0.1) is 5.92 Å². The van der Waals surface area contributed by atoms with Gasteiger partial charge in [0.25, 0.3) is 0 Å². The van der Waals surface area contributed by atoms with Crippen molar-refractivity contribution in [2.45, 2.75) is 32.5 Å². The van der Waals surface area contributed by atoms with E-state index < -0.39 is 30.0 Å². The molecule has 0 radical (unpaired) electrons. The molecule has 122 valence electrons. The number of ether oxygens (including phenoxy) is 1. The second kappa shape index (κ2) is 7.04. The van der Waals surface area contributed by atoms with E-state index in [9.17, 15) is 19.2 Å². The zero-order chi connectivity index (χ0) is 17.0. The Balaban J connectivity index is 1.92. The van der Waals surface area contributed by atoms with E-state index >= 15 is 0 Å². The van der Waals surface area contributed by atoms with Gasteiger partial charge in [-0.15, -0.1) is 0 Å². The number of rotatable bonds is 6. The summed E-state index contributed by atoms with van der Waals surface area (Å²) in [7, 11) is 0. The van der Waals surface area contributed by atoms with E-state index in [1.54, 1.807) is 12.1 Å². The smallest absolute Gasteiger partial charge is 0.408 e. The number of Topliss-reactive ketones (excluding diaryl/α,β-unsaturated/α-hetero) is 2. The van der Waals surface area contributed by atoms with Crippen molar-refractivity contribution in [3.05, 3.63) is 35.9 Å². The molecule has 1 saturated heterocycles. The molecule has 2 rings (SSSR count). The van der Waals surface area contributed by atoms with Gasteiger partial charge in [0.05, 0.1) is 12.0 Å². The highest BCUT2D eigenvalue weighted by Crippen LogP contribution is 2.18. The molecule has 7 nitrogen and oxygen atoms in total. The fraction of sp³-hybridized carbons (Fsp3) is 0.375. The van der Waals surface area contributed by atoms with Crippen LogP contribution in [-0.4, -0.2) is 35.7 Å². The summed E-state index contributed by atoms with van der Waals surface area (Å²) in [6, 6.07) is 7.39. The van der Waals surface area contributed by atoms with Crippen molar-refractivity contribution >= 4 is 23.6 Å². The van der Waals surface area contributed by atoms with Crippen molar-refractivity contribution in [1.82, 2.24) is 10.6 Å². The van der Waals surface area contributed by atoms with Crippen molar-refractivity contribution < 1.29 is 23.9 Å². The zero-order valence-corrected chi connectivity index (χ0v) is 12.9. The number of nitrogens with one attached hydrogen (secondary N) is 2. The lowest BCUT2D eigenvalue weighted by molar-refractivity contribution is -0.139. The minimum Gasteiger partial charge on any atom is -0.445 e. The highest BCUT2D eigenvalue weighted by atomic mass is 16.5. The molecule has 0 bridgehead atoms. The predicted molar refractivity (Wildman–Crippen MR) is 80.3 cm³/mol. The maximum Gasteiger partial charge on any atom is 0.408 e. The second-order valence-electron chi connectivity index (χ2n) is 5.42. The van der Waals surface area contributed by atoms with E-state index in [0.29, 0.717) is 0 Å². The summed E-state index contributed by atoms with van der Waals surface area (Å²) in [6.45, 7) is 2.62.